The SMILES string of the molecule is Cc1cc(C2CN(C(=O)OCc3ccccc3)C2)cc2ncccc12. The molecule has 0 unspecified atom stereocenters. The van der Waals surface area contributed by atoms with E-state index in [4.69, 9.17) is 4.74 Å². The third kappa shape index (κ3) is 3.20. The smallest absolute Gasteiger partial charge is 0.410 e. The highest BCUT2D eigenvalue weighted by molar-refractivity contribution is 5.83. The van der Waals surface area contributed by atoms with Crippen LogP contribution in [0.4, 0.5) is 4.79 Å². The van der Waals surface area contributed by atoms with E-state index in [1.165, 1.54) is 16.5 Å². The zero-order valence-electron chi connectivity index (χ0n) is 14.2. The average molecular weight is 332 g/mol. The van der Waals surface area contributed by atoms with Crippen molar-refractivity contribution in [3.63, 3.8) is 0 Å². The lowest BCUT2D eigenvalue weighted by Crippen LogP contribution is -2.48. The van der Waals surface area contributed by atoms with Crippen LogP contribution in [-0.2, 0) is 11.3 Å². The molecule has 1 saturated heterocycles. The molecule has 0 saturated carbocycles. The van der Waals surface area contributed by atoms with Crippen molar-refractivity contribution >= 4 is 17.0 Å². The molecule has 1 aromatic heterocycles. The van der Waals surface area contributed by atoms with Crippen molar-refractivity contribution in [3.05, 3.63) is 77.5 Å². The van der Waals surface area contributed by atoms with Crippen LogP contribution in [0.1, 0.15) is 22.6 Å². The highest BCUT2D eigenvalue weighted by Crippen LogP contribution is 2.31. The van der Waals surface area contributed by atoms with E-state index in [1.807, 2.05) is 42.6 Å². The molecule has 0 radical (unpaired) electrons. The largest absolute Gasteiger partial charge is 0.445 e. The summed E-state index contributed by atoms with van der Waals surface area (Å²) in [5.41, 5.74) is 4.49. The standard InChI is InChI=1S/C21H20N2O2/c1-15-10-17(11-20-19(15)8-5-9-22-20)18-12-23(13-18)21(24)25-14-16-6-3-2-4-7-16/h2-11,18H,12-14H2,1H3. The minimum Gasteiger partial charge on any atom is -0.445 e. The third-order valence-corrected chi connectivity index (χ3v) is 4.77. The number of pyridine rings is 1. The van der Waals surface area contributed by atoms with Crippen molar-refractivity contribution in [1.29, 1.82) is 0 Å². The van der Waals surface area contributed by atoms with Gasteiger partial charge in [0.15, 0.2) is 0 Å². The Morgan fingerprint density at radius 3 is 2.76 bits per heavy atom. The first-order valence-electron chi connectivity index (χ1n) is 8.51. The van der Waals surface area contributed by atoms with Crippen molar-refractivity contribution in [2.75, 3.05) is 13.1 Å². The van der Waals surface area contributed by atoms with Gasteiger partial charge >= 0.3 is 6.09 Å². The first-order chi connectivity index (χ1) is 12.2. The molecular formula is C21H20N2O2. The van der Waals surface area contributed by atoms with E-state index in [2.05, 4.69) is 30.1 Å². The second-order valence-corrected chi connectivity index (χ2v) is 6.55. The predicted molar refractivity (Wildman–Crippen MR) is 97.4 cm³/mol. The van der Waals surface area contributed by atoms with Gasteiger partial charge in [-0.25, -0.2) is 4.79 Å². The molecule has 3 aromatic rings. The fourth-order valence-corrected chi connectivity index (χ4v) is 3.28. The van der Waals surface area contributed by atoms with Gasteiger partial charge in [0.1, 0.15) is 6.61 Å². The minimum atomic E-state index is -0.240. The number of hydrogen-bond acceptors (Lipinski definition) is 3. The highest BCUT2D eigenvalue weighted by atomic mass is 16.6. The lowest BCUT2D eigenvalue weighted by Gasteiger charge is -2.38. The van der Waals surface area contributed by atoms with E-state index < -0.39 is 0 Å². The predicted octanol–water partition coefficient (Wildman–Crippen LogP) is 4.28. The highest BCUT2D eigenvalue weighted by Gasteiger charge is 2.33. The van der Waals surface area contributed by atoms with E-state index >= 15 is 0 Å². The van der Waals surface area contributed by atoms with Gasteiger partial charge in [0.05, 0.1) is 5.52 Å². The second kappa shape index (κ2) is 6.55. The molecular weight excluding hydrogens is 312 g/mol. The monoisotopic (exact) mass is 332 g/mol. The summed E-state index contributed by atoms with van der Waals surface area (Å²) in [4.78, 5) is 18.4. The number of hydrogen-bond donors (Lipinski definition) is 0. The second-order valence-electron chi connectivity index (χ2n) is 6.55. The molecule has 0 spiro atoms. The number of carbonyl (C=O) groups is 1. The fourth-order valence-electron chi connectivity index (χ4n) is 3.28. The topological polar surface area (TPSA) is 42.4 Å². The summed E-state index contributed by atoms with van der Waals surface area (Å²) in [7, 11) is 0. The van der Waals surface area contributed by atoms with Gasteiger partial charge < -0.3 is 9.64 Å². The third-order valence-electron chi connectivity index (χ3n) is 4.77. The molecule has 0 aliphatic carbocycles. The summed E-state index contributed by atoms with van der Waals surface area (Å²) in [6, 6.07) is 18.1. The van der Waals surface area contributed by atoms with Crippen LogP contribution in [0, 0.1) is 6.92 Å². The molecule has 2 heterocycles. The summed E-state index contributed by atoms with van der Waals surface area (Å²) in [6.07, 6.45) is 1.58. The molecule has 0 atom stereocenters. The molecule has 2 aromatic carbocycles. The number of ether oxygens (including phenoxy) is 1. The van der Waals surface area contributed by atoms with E-state index in [1.54, 1.807) is 4.90 Å². The van der Waals surface area contributed by atoms with Crippen LogP contribution in [0.15, 0.2) is 60.8 Å². The molecule has 4 nitrogen and oxygen atoms in total. The summed E-state index contributed by atoms with van der Waals surface area (Å²) >= 11 is 0. The molecule has 4 heteroatoms. The van der Waals surface area contributed by atoms with E-state index in [0.717, 1.165) is 11.1 Å². The Morgan fingerprint density at radius 2 is 1.96 bits per heavy atom. The first-order valence-corrected chi connectivity index (χ1v) is 8.51. The Kier molecular flexibility index (Phi) is 4.10. The number of fused-ring (bicyclic) bond motifs is 1. The van der Waals surface area contributed by atoms with Gasteiger partial charge in [-0.1, -0.05) is 42.5 Å². The van der Waals surface area contributed by atoms with Crippen molar-refractivity contribution in [2.24, 2.45) is 0 Å². The van der Waals surface area contributed by atoms with Crippen LogP contribution in [0.2, 0.25) is 0 Å². The number of likely N-dealkylation sites (tertiary alicyclic amines) is 1. The molecule has 1 amide bonds. The lowest BCUT2D eigenvalue weighted by atomic mass is 9.89. The van der Waals surface area contributed by atoms with Crippen LogP contribution in [-0.4, -0.2) is 29.1 Å². The van der Waals surface area contributed by atoms with Gasteiger partial charge in [-0.3, -0.25) is 4.98 Å². The summed E-state index contributed by atoms with van der Waals surface area (Å²) < 4.78 is 5.38. The Morgan fingerprint density at radius 1 is 1.16 bits per heavy atom. The van der Waals surface area contributed by atoms with Crippen molar-refractivity contribution in [2.45, 2.75) is 19.4 Å². The molecule has 4 rings (SSSR count). The van der Waals surface area contributed by atoms with Crippen LogP contribution in [0.25, 0.3) is 10.9 Å². The van der Waals surface area contributed by atoms with Gasteiger partial charge in [-0.05, 0) is 35.7 Å². The van der Waals surface area contributed by atoms with Crippen molar-refractivity contribution < 1.29 is 9.53 Å². The van der Waals surface area contributed by atoms with Gasteiger partial charge in [-0.2, -0.15) is 0 Å². The Hall–Kier alpha value is -2.88. The van der Waals surface area contributed by atoms with E-state index in [0.29, 0.717) is 25.6 Å². The summed E-state index contributed by atoms with van der Waals surface area (Å²) in [5, 5.41) is 1.18. The number of aromatic nitrogens is 1. The van der Waals surface area contributed by atoms with Crippen LogP contribution in [0.3, 0.4) is 0 Å². The number of amides is 1. The quantitative estimate of drug-likeness (QED) is 0.719. The molecule has 1 aliphatic rings. The Labute approximate surface area is 147 Å². The number of benzene rings is 2. The molecule has 1 aliphatic heterocycles. The fraction of sp³-hybridized carbons (Fsp3) is 0.238. The van der Waals surface area contributed by atoms with Gasteiger partial charge in [0.25, 0.3) is 0 Å². The van der Waals surface area contributed by atoms with Crippen LogP contribution < -0.4 is 0 Å². The maximum atomic E-state index is 12.1. The first kappa shape index (κ1) is 15.6. The number of rotatable bonds is 3. The van der Waals surface area contributed by atoms with Crippen LogP contribution in [0.5, 0.6) is 0 Å². The number of carbonyl (C=O) groups excluding carboxylic acids is 1. The van der Waals surface area contributed by atoms with Gasteiger partial charge in [-0.15, -0.1) is 0 Å². The number of nitrogens with zero attached hydrogens (tertiary/aromatic N) is 2. The molecule has 25 heavy (non-hydrogen) atoms. The molecule has 126 valence electrons. The molecule has 1 fully saturated rings. The summed E-state index contributed by atoms with van der Waals surface area (Å²) in [6.45, 7) is 3.83. The molecule has 0 bridgehead atoms. The maximum Gasteiger partial charge on any atom is 0.410 e. The summed E-state index contributed by atoms with van der Waals surface area (Å²) in [5.74, 6) is 0.356. The zero-order valence-corrected chi connectivity index (χ0v) is 14.2. The van der Waals surface area contributed by atoms with Gasteiger partial charge in [0.2, 0.25) is 0 Å². The zero-order chi connectivity index (χ0) is 17.2. The normalized spacial score (nSPS) is 14.4. The maximum absolute atomic E-state index is 12.1. The minimum absolute atomic E-state index is 0.240. The van der Waals surface area contributed by atoms with Crippen molar-refractivity contribution in [1.82, 2.24) is 9.88 Å². The van der Waals surface area contributed by atoms with E-state index in [-0.39, 0.29) is 6.09 Å². The molecule has 0 N–H and O–H groups in total. The van der Waals surface area contributed by atoms with E-state index in [9.17, 15) is 4.79 Å². The van der Waals surface area contributed by atoms with Gasteiger partial charge in [0, 0.05) is 30.6 Å². The Balaban J connectivity index is 1.38. The van der Waals surface area contributed by atoms with Crippen LogP contribution >= 0.6 is 0 Å². The lowest BCUT2D eigenvalue weighted by molar-refractivity contribution is 0.0664. The Bertz CT molecular complexity index is 902. The van der Waals surface area contributed by atoms with Crippen molar-refractivity contribution in [3.8, 4) is 0 Å². The average Bonchev–Trinajstić information content (AvgIpc) is 2.60. The number of aryl methyl sites for hydroxylation is 1.